The molecule has 1 aromatic rings. The number of carbonyl (C=O) groups excluding carboxylic acids is 1. The summed E-state index contributed by atoms with van der Waals surface area (Å²) in [4.78, 5) is 18.7. The van der Waals surface area contributed by atoms with Crippen molar-refractivity contribution >= 4 is 23.7 Å². The highest BCUT2D eigenvalue weighted by molar-refractivity contribution is 6.32. The van der Waals surface area contributed by atoms with Crippen LogP contribution in [0.4, 0.5) is 5.82 Å². The molecule has 1 aliphatic carbocycles. The standard InChI is InChI=1S/C11H14ClN3O/c1-11(3-2-4-11)6-13-10-8(5-16)9(12)14-7-15-10/h5,7H,2-4,6H2,1H3,(H,13,14,15). The van der Waals surface area contributed by atoms with Gasteiger partial charge in [-0.25, -0.2) is 9.97 Å². The van der Waals surface area contributed by atoms with Gasteiger partial charge in [-0.2, -0.15) is 0 Å². The molecule has 4 nitrogen and oxygen atoms in total. The van der Waals surface area contributed by atoms with Crippen molar-refractivity contribution in [3.05, 3.63) is 17.0 Å². The minimum Gasteiger partial charge on any atom is -0.369 e. The molecule has 1 saturated carbocycles. The molecule has 0 radical (unpaired) electrons. The van der Waals surface area contributed by atoms with Crippen molar-refractivity contribution < 1.29 is 4.79 Å². The van der Waals surface area contributed by atoms with E-state index in [0.717, 1.165) is 6.54 Å². The Kier molecular flexibility index (Phi) is 3.10. The van der Waals surface area contributed by atoms with Gasteiger partial charge in [-0.3, -0.25) is 4.79 Å². The summed E-state index contributed by atoms with van der Waals surface area (Å²) in [5.41, 5.74) is 0.671. The van der Waals surface area contributed by atoms with E-state index in [0.29, 0.717) is 23.1 Å². The van der Waals surface area contributed by atoms with Gasteiger partial charge in [0, 0.05) is 6.54 Å². The van der Waals surface area contributed by atoms with Crippen LogP contribution in [0.5, 0.6) is 0 Å². The van der Waals surface area contributed by atoms with Gasteiger partial charge < -0.3 is 5.32 Å². The van der Waals surface area contributed by atoms with E-state index in [2.05, 4.69) is 22.2 Å². The van der Waals surface area contributed by atoms with E-state index in [9.17, 15) is 4.79 Å². The summed E-state index contributed by atoms with van der Waals surface area (Å²) in [6.07, 6.45) is 5.77. The van der Waals surface area contributed by atoms with Crippen molar-refractivity contribution in [2.24, 2.45) is 5.41 Å². The molecule has 1 fully saturated rings. The van der Waals surface area contributed by atoms with Gasteiger partial charge in [0.25, 0.3) is 0 Å². The first-order valence-corrected chi connectivity index (χ1v) is 5.72. The lowest BCUT2D eigenvalue weighted by Crippen LogP contribution is -2.33. The number of carbonyl (C=O) groups is 1. The minimum atomic E-state index is 0.200. The molecule has 2 rings (SSSR count). The molecule has 0 unspecified atom stereocenters. The van der Waals surface area contributed by atoms with Crippen LogP contribution in [0.25, 0.3) is 0 Å². The summed E-state index contributed by atoms with van der Waals surface area (Å²) in [5, 5.41) is 3.38. The smallest absolute Gasteiger partial charge is 0.156 e. The first kappa shape index (κ1) is 11.3. The Morgan fingerprint density at radius 1 is 1.56 bits per heavy atom. The topological polar surface area (TPSA) is 54.9 Å². The van der Waals surface area contributed by atoms with Crippen molar-refractivity contribution in [3.8, 4) is 0 Å². The molecular formula is C11H14ClN3O. The first-order valence-electron chi connectivity index (χ1n) is 5.34. The molecule has 0 amide bonds. The van der Waals surface area contributed by atoms with Gasteiger partial charge in [-0.05, 0) is 18.3 Å². The Morgan fingerprint density at radius 2 is 2.31 bits per heavy atom. The quantitative estimate of drug-likeness (QED) is 0.648. The number of nitrogens with zero attached hydrogens (tertiary/aromatic N) is 2. The molecule has 0 spiro atoms. The molecule has 1 heterocycles. The van der Waals surface area contributed by atoms with Gasteiger partial charge in [-0.15, -0.1) is 0 Å². The van der Waals surface area contributed by atoms with Gasteiger partial charge in [0.2, 0.25) is 0 Å². The van der Waals surface area contributed by atoms with Crippen LogP contribution in [0, 0.1) is 5.41 Å². The molecule has 0 aromatic carbocycles. The lowest BCUT2D eigenvalue weighted by molar-refractivity contribution is 0.112. The fraction of sp³-hybridized carbons (Fsp3) is 0.545. The number of anilines is 1. The molecule has 5 heteroatoms. The molecule has 0 aliphatic heterocycles. The maximum Gasteiger partial charge on any atom is 0.156 e. The number of aldehydes is 1. The summed E-state index contributed by atoms with van der Waals surface area (Å²) >= 11 is 5.81. The molecule has 0 saturated heterocycles. The van der Waals surface area contributed by atoms with Crippen LogP contribution in [-0.2, 0) is 0 Å². The zero-order valence-corrected chi connectivity index (χ0v) is 9.92. The molecule has 0 atom stereocenters. The Hall–Kier alpha value is -1.16. The van der Waals surface area contributed by atoms with Crippen molar-refractivity contribution in [2.45, 2.75) is 26.2 Å². The molecular weight excluding hydrogens is 226 g/mol. The normalized spacial score (nSPS) is 17.6. The third kappa shape index (κ3) is 2.16. The minimum absolute atomic E-state index is 0.200. The second-order valence-electron chi connectivity index (χ2n) is 4.56. The van der Waals surface area contributed by atoms with Crippen LogP contribution in [0.2, 0.25) is 5.15 Å². The number of rotatable bonds is 4. The predicted octanol–water partition coefficient (Wildman–Crippen LogP) is 2.54. The first-order chi connectivity index (χ1) is 7.64. The van der Waals surface area contributed by atoms with E-state index in [1.54, 1.807) is 0 Å². The summed E-state index contributed by atoms with van der Waals surface area (Å²) < 4.78 is 0. The average Bonchev–Trinajstić information content (AvgIpc) is 2.24. The van der Waals surface area contributed by atoms with Gasteiger partial charge >= 0.3 is 0 Å². The van der Waals surface area contributed by atoms with Crippen LogP contribution < -0.4 is 5.32 Å². The van der Waals surface area contributed by atoms with Crippen LogP contribution in [-0.4, -0.2) is 22.8 Å². The second-order valence-corrected chi connectivity index (χ2v) is 4.92. The third-order valence-electron chi connectivity index (χ3n) is 3.20. The molecule has 1 N–H and O–H groups in total. The van der Waals surface area contributed by atoms with Crippen molar-refractivity contribution in [1.82, 2.24) is 9.97 Å². The lowest BCUT2D eigenvalue weighted by atomic mass is 9.70. The van der Waals surface area contributed by atoms with Crippen LogP contribution in [0.1, 0.15) is 36.5 Å². The van der Waals surface area contributed by atoms with E-state index in [-0.39, 0.29) is 5.15 Å². The van der Waals surface area contributed by atoms with Crippen molar-refractivity contribution in [3.63, 3.8) is 0 Å². The Balaban J connectivity index is 2.09. The molecule has 86 valence electrons. The number of aromatic nitrogens is 2. The van der Waals surface area contributed by atoms with Crippen molar-refractivity contribution in [1.29, 1.82) is 0 Å². The lowest BCUT2D eigenvalue weighted by Gasteiger charge is -2.38. The van der Waals surface area contributed by atoms with Crippen molar-refractivity contribution in [2.75, 3.05) is 11.9 Å². The zero-order valence-electron chi connectivity index (χ0n) is 9.16. The van der Waals surface area contributed by atoms with Gasteiger partial charge in [0.05, 0.1) is 5.56 Å². The Labute approximate surface area is 99.4 Å². The van der Waals surface area contributed by atoms with E-state index in [1.165, 1.54) is 25.6 Å². The highest BCUT2D eigenvalue weighted by atomic mass is 35.5. The van der Waals surface area contributed by atoms with Crippen LogP contribution >= 0.6 is 11.6 Å². The van der Waals surface area contributed by atoms with E-state index < -0.39 is 0 Å². The number of hydrogen-bond donors (Lipinski definition) is 1. The zero-order chi connectivity index (χ0) is 11.6. The second kappa shape index (κ2) is 4.37. The van der Waals surface area contributed by atoms with Gasteiger partial charge in [0.15, 0.2) is 6.29 Å². The predicted molar refractivity (Wildman–Crippen MR) is 62.9 cm³/mol. The molecule has 1 aliphatic rings. The van der Waals surface area contributed by atoms with Gasteiger partial charge in [-0.1, -0.05) is 24.9 Å². The molecule has 0 bridgehead atoms. The number of hydrogen-bond acceptors (Lipinski definition) is 4. The molecule has 1 aromatic heterocycles. The average molecular weight is 240 g/mol. The van der Waals surface area contributed by atoms with Gasteiger partial charge in [0.1, 0.15) is 17.3 Å². The highest BCUT2D eigenvalue weighted by Crippen LogP contribution is 2.40. The SMILES string of the molecule is CC1(CNc2ncnc(Cl)c2C=O)CCC1. The van der Waals surface area contributed by atoms with Crippen LogP contribution in [0.3, 0.4) is 0 Å². The molecule has 16 heavy (non-hydrogen) atoms. The fourth-order valence-corrected chi connectivity index (χ4v) is 2.05. The van der Waals surface area contributed by atoms with Crippen LogP contribution in [0.15, 0.2) is 6.33 Å². The van der Waals surface area contributed by atoms with E-state index >= 15 is 0 Å². The maximum atomic E-state index is 10.9. The maximum absolute atomic E-state index is 10.9. The summed E-state index contributed by atoms with van der Waals surface area (Å²) in [7, 11) is 0. The summed E-state index contributed by atoms with van der Waals surface area (Å²) in [6.45, 7) is 3.05. The Morgan fingerprint density at radius 3 is 2.88 bits per heavy atom. The fourth-order valence-electron chi connectivity index (χ4n) is 1.87. The third-order valence-corrected chi connectivity index (χ3v) is 3.50. The highest BCUT2D eigenvalue weighted by Gasteiger charge is 2.31. The monoisotopic (exact) mass is 239 g/mol. The number of nitrogens with one attached hydrogen (secondary N) is 1. The largest absolute Gasteiger partial charge is 0.369 e. The number of halogens is 1. The Bertz CT molecular complexity index is 404. The van der Waals surface area contributed by atoms with E-state index in [4.69, 9.17) is 11.6 Å². The van der Waals surface area contributed by atoms with E-state index in [1.807, 2.05) is 0 Å². The summed E-state index contributed by atoms with van der Waals surface area (Å²) in [6, 6.07) is 0. The summed E-state index contributed by atoms with van der Waals surface area (Å²) in [5.74, 6) is 0.531.